The Morgan fingerprint density at radius 1 is 1.47 bits per heavy atom. The monoisotopic (exact) mass is 268 g/mol. The molecule has 0 aromatic heterocycles. The van der Waals surface area contributed by atoms with Crippen molar-refractivity contribution in [1.29, 1.82) is 0 Å². The number of benzene rings is 1. The van der Waals surface area contributed by atoms with Crippen molar-refractivity contribution in [1.82, 2.24) is 0 Å². The maximum Gasteiger partial charge on any atom is 0.338 e. The van der Waals surface area contributed by atoms with Crippen LogP contribution in [0.5, 0.6) is 0 Å². The zero-order chi connectivity index (χ0) is 14.8. The van der Waals surface area contributed by atoms with Crippen molar-refractivity contribution < 1.29 is 19.9 Å². The van der Waals surface area contributed by atoms with E-state index in [0.29, 0.717) is 0 Å². The quantitative estimate of drug-likeness (QED) is 0.619. The highest BCUT2D eigenvalue weighted by Gasteiger charge is 2.32. The SMILES string of the molecule is CN(c1c(C(=O)O)cccc1[N+](=O)[O-])C(C)(C)CO. The Morgan fingerprint density at radius 3 is 2.47 bits per heavy atom. The minimum absolute atomic E-state index is 0.0148. The fourth-order valence-electron chi connectivity index (χ4n) is 1.61. The Bertz CT molecular complexity index is 481. The van der Waals surface area contributed by atoms with Crippen molar-refractivity contribution in [3.63, 3.8) is 0 Å². The van der Waals surface area contributed by atoms with Crippen molar-refractivity contribution in [3.05, 3.63) is 33.9 Å². The van der Waals surface area contributed by atoms with Gasteiger partial charge in [0.25, 0.3) is 5.69 Å². The molecule has 0 aliphatic carbocycles. The Hall–Kier alpha value is -2.15. The van der Waals surface area contributed by atoms with E-state index in [1.807, 2.05) is 0 Å². The van der Waals surface area contributed by atoms with Gasteiger partial charge in [-0.15, -0.1) is 0 Å². The number of carbonyl (C=O) groups is 1. The van der Waals surface area contributed by atoms with Gasteiger partial charge in [0.15, 0.2) is 0 Å². The number of carboxylic acid groups (broad SMARTS) is 1. The number of carboxylic acids is 1. The zero-order valence-corrected chi connectivity index (χ0v) is 11.0. The number of nitro benzene ring substituents is 1. The minimum atomic E-state index is -1.25. The van der Waals surface area contributed by atoms with Crippen molar-refractivity contribution in [2.24, 2.45) is 0 Å². The topological polar surface area (TPSA) is 104 Å². The molecule has 7 nitrogen and oxygen atoms in total. The van der Waals surface area contributed by atoms with Gasteiger partial charge in [0, 0.05) is 13.1 Å². The Balaban J connectivity index is 3.54. The molecule has 1 aromatic rings. The number of hydrogen-bond donors (Lipinski definition) is 2. The Kier molecular flexibility index (Phi) is 4.10. The summed E-state index contributed by atoms with van der Waals surface area (Å²) in [6, 6.07) is 3.87. The summed E-state index contributed by atoms with van der Waals surface area (Å²) in [6.45, 7) is 3.05. The average molecular weight is 268 g/mol. The van der Waals surface area contributed by atoms with Gasteiger partial charge in [-0.2, -0.15) is 0 Å². The standard InChI is InChI=1S/C12H16N2O5/c1-12(2,7-15)13(3)10-8(11(16)17)5-4-6-9(10)14(18)19/h4-6,15H,7H2,1-3H3,(H,16,17). The summed E-state index contributed by atoms with van der Waals surface area (Å²) >= 11 is 0. The number of nitro groups is 1. The number of para-hydroxylation sites is 1. The van der Waals surface area contributed by atoms with Gasteiger partial charge in [-0.05, 0) is 19.9 Å². The van der Waals surface area contributed by atoms with Gasteiger partial charge in [0.1, 0.15) is 5.69 Å². The first-order chi connectivity index (χ1) is 8.72. The summed E-state index contributed by atoms with van der Waals surface area (Å²) in [7, 11) is 1.52. The Labute approximate surface area is 110 Å². The highest BCUT2D eigenvalue weighted by atomic mass is 16.6. The molecule has 0 radical (unpaired) electrons. The summed E-state index contributed by atoms with van der Waals surface area (Å²) in [5.41, 5.74) is -1.31. The molecule has 0 atom stereocenters. The Morgan fingerprint density at radius 2 is 2.05 bits per heavy atom. The number of nitrogens with zero attached hydrogens (tertiary/aromatic N) is 2. The molecular weight excluding hydrogens is 252 g/mol. The van der Waals surface area contributed by atoms with Gasteiger partial charge in [0.05, 0.1) is 22.6 Å². The maximum absolute atomic E-state index is 11.2. The normalized spacial score (nSPS) is 11.2. The fraction of sp³-hybridized carbons (Fsp3) is 0.417. The van der Waals surface area contributed by atoms with Crippen molar-refractivity contribution in [3.8, 4) is 0 Å². The lowest BCUT2D eigenvalue weighted by molar-refractivity contribution is -0.384. The van der Waals surface area contributed by atoms with Gasteiger partial charge in [-0.3, -0.25) is 10.1 Å². The first-order valence-electron chi connectivity index (χ1n) is 5.57. The van der Waals surface area contributed by atoms with Crippen molar-refractivity contribution >= 4 is 17.3 Å². The molecule has 1 rings (SSSR count). The van der Waals surface area contributed by atoms with E-state index in [1.54, 1.807) is 13.8 Å². The lowest BCUT2D eigenvalue weighted by atomic mass is 10.0. The molecule has 0 saturated heterocycles. The second-order valence-corrected chi connectivity index (χ2v) is 4.77. The molecule has 0 aliphatic heterocycles. The van der Waals surface area contributed by atoms with Crippen LogP contribution in [0.1, 0.15) is 24.2 Å². The third-order valence-corrected chi connectivity index (χ3v) is 3.07. The number of aliphatic hydroxyl groups is 1. The molecule has 1 aromatic carbocycles. The smallest absolute Gasteiger partial charge is 0.338 e. The summed E-state index contributed by atoms with van der Waals surface area (Å²) in [4.78, 5) is 23.0. The molecule has 0 saturated carbocycles. The highest BCUT2D eigenvalue weighted by molar-refractivity contribution is 5.97. The van der Waals surface area contributed by atoms with Crippen LogP contribution in [0.15, 0.2) is 18.2 Å². The van der Waals surface area contributed by atoms with Crippen LogP contribution in [0.4, 0.5) is 11.4 Å². The first-order valence-corrected chi connectivity index (χ1v) is 5.57. The first kappa shape index (κ1) is 14.9. The molecule has 7 heteroatoms. The minimum Gasteiger partial charge on any atom is -0.478 e. The molecule has 0 aliphatic rings. The van der Waals surface area contributed by atoms with Crippen LogP contribution in [-0.4, -0.2) is 40.3 Å². The molecule has 0 amide bonds. The molecule has 0 heterocycles. The van der Waals surface area contributed by atoms with Gasteiger partial charge in [-0.1, -0.05) is 6.07 Å². The number of hydrogen-bond acceptors (Lipinski definition) is 5. The average Bonchev–Trinajstić information content (AvgIpc) is 2.36. The lowest BCUT2D eigenvalue weighted by Gasteiger charge is -2.36. The molecular formula is C12H16N2O5. The summed E-state index contributed by atoms with van der Waals surface area (Å²) in [5.74, 6) is -1.25. The summed E-state index contributed by atoms with van der Waals surface area (Å²) in [5, 5.41) is 29.5. The number of likely N-dealkylation sites (N-methyl/N-ethyl adjacent to an activating group) is 1. The molecule has 104 valence electrons. The van der Waals surface area contributed by atoms with Crippen LogP contribution in [0.2, 0.25) is 0 Å². The highest BCUT2D eigenvalue weighted by Crippen LogP contribution is 2.35. The van der Waals surface area contributed by atoms with Crippen LogP contribution in [0, 0.1) is 10.1 Å². The van der Waals surface area contributed by atoms with E-state index in [9.17, 15) is 20.0 Å². The van der Waals surface area contributed by atoms with Crippen LogP contribution in [0.3, 0.4) is 0 Å². The number of aromatic carboxylic acids is 1. The maximum atomic E-state index is 11.2. The van der Waals surface area contributed by atoms with E-state index in [-0.39, 0.29) is 23.5 Å². The predicted molar refractivity (Wildman–Crippen MR) is 69.6 cm³/mol. The summed E-state index contributed by atoms with van der Waals surface area (Å²) in [6.07, 6.45) is 0. The molecule has 0 unspecified atom stereocenters. The van der Waals surface area contributed by atoms with E-state index in [2.05, 4.69) is 0 Å². The predicted octanol–water partition coefficient (Wildman–Crippen LogP) is 1.50. The van der Waals surface area contributed by atoms with E-state index < -0.39 is 16.4 Å². The second-order valence-electron chi connectivity index (χ2n) is 4.77. The summed E-state index contributed by atoms with van der Waals surface area (Å²) < 4.78 is 0. The molecule has 2 N–H and O–H groups in total. The number of rotatable bonds is 5. The lowest BCUT2D eigenvalue weighted by Crippen LogP contribution is -2.45. The van der Waals surface area contributed by atoms with Gasteiger partial charge in [0.2, 0.25) is 0 Å². The third kappa shape index (κ3) is 2.82. The van der Waals surface area contributed by atoms with E-state index in [1.165, 1.54) is 30.1 Å². The fourth-order valence-corrected chi connectivity index (χ4v) is 1.61. The van der Waals surface area contributed by atoms with Gasteiger partial charge in [-0.25, -0.2) is 4.79 Å². The number of aliphatic hydroxyl groups excluding tert-OH is 1. The van der Waals surface area contributed by atoms with Crippen molar-refractivity contribution in [2.45, 2.75) is 19.4 Å². The second kappa shape index (κ2) is 5.23. The largest absolute Gasteiger partial charge is 0.478 e. The van der Waals surface area contributed by atoms with Crippen molar-refractivity contribution in [2.75, 3.05) is 18.6 Å². The zero-order valence-electron chi connectivity index (χ0n) is 11.0. The molecule has 0 fully saturated rings. The van der Waals surface area contributed by atoms with Crippen LogP contribution >= 0.6 is 0 Å². The van der Waals surface area contributed by atoms with E-state index in [4.69, 9.17) is 5.11 Å². The number of anilines is 1. The van der Waals surface area contributed by atoms with Crippen LogP contribution in [0.25, 0.3) is 0 Å². The van der Waals surface area contributed by atoms with Gasteiger partial charge < -0.3 is 15.1 Å². The molecule has 19 heavy (non-hydrogen) atoms. The molecule has 0 bridgehead atoms. The van der Waals surface area contributed by atoms with E-state index in [0.717, 1.165) is 0 Å². The van der Waals surface area contributed by atoms with E-state index >= 15 is 0 Å². The molecule has 0 spiro atoms. The van der Waals surface area contributed by atoms with Gasteiger partial charge >= 0.3 is 5.97 Å². The van der Waals surface area contributed by atoms with Crippen LogP contribution in [-0.2, 0) is 0 Å². The van der Waals surface area contributed by atoms with Crippen LogP contribution < -0.4 is 4.90 Å². The third-order valence-electron chi connectivity index (χ3n) is 3.07.